The molecule has 0 aliphatic carbocycles. The van der Waals surface area contributed by atoms with Gasteiger partial charge in [0, 0.05) is 0 Å². The standard InChI is InChI=1S/C16H34O2/c1-12(2)9-14(17)11-18-16(7,8)15(5,6)10-13(3)4/h12-14,17H,9-11H2,1-8H3. The van der Waals surface area contributed by atoms with Crippen molar-refractivity contribution in [2.75, 3.05) is 6.61 Å². The summed E-state index contributed by atoms with van der Waals surface area (Å²) in [5.74, 6) is 1.17. The van der Waals surface area contributed by atoms with Crippen molar-refractivity contribution in [2.45, 2.75) is 79.9 Å². The Morgan fingerprint density at radius 3 is 1.83 bits per heavy atom. The molecule has 1 unspecified atom stereocenters. The first kappa shape index (κ1) is 17.9. The zero-order valence-corrected chi connectivity index (χ0v) is 13.7. The van der Waals surface area contributed by atoms with E-state index in [2.05, 4.69) is 55.4 Å². The van der Waals surface area contributed by atoms with Crippen LogP contribution in [-0.4, -0.2) is 23.4 Å². The predicted molar refractivity (Wildman–Crippen MR) is 78.7 cm³/mol. The molecule has 0 rings (SSSR count). The molecule has 0 saturated heterocycles. The molecule has 0 fully saturated rings. The first-order valence-electron chi connectivity index (χ1n) is 7.30. The van der Waals surface area contributed by atoms with Gasteiger partial charge in [-0.15, -0.1) is 0 Å². The van der Waals surface area contributed by atoms with Crippen molar-refractivity contribution in [2.24, 2.45) is 17.3 Å². The molecule has 18 heavy (non-hydrogen) atoms. The minimum atomic E-state index is -0.348. The molecule has 2 nitrogen and oxygen atoms in total. The van der Waals surface area contributed by atoms with Gasteiger partial charge < -0.3 is 9.84 Å². The topological polar surface area (TPSA) is 29.5 Å². The smallest absolute Gasteiger partial charge is 0.0776 e. The average molecular weight is 258 g/mol. The molecule has 0 radical (unpaired) electrons. The van der Waals surface area contributed by atoms with Gasteiger partial charge in [0.2, 0.25) is 0 Å². The second-order valence-corrected chi connectivity index (χ2v) is 7.59. The summed E-state index contributed by atoms with van der Waals surface area (Å²) in [6, 6.07) is 0. The van der Waals surface area contributed by atoms with Crippen molar-refractivity contribution < 1.29 is 9.84 Å². The molecule has 0 amide bonds. The van der Waals surface area contributed by atoms with Crippen LogP contribution < -0.4 is 0 Å². The Balaban J connectivity index is 4.37. The maximum atomic E-state index is 9.91. The largest absolute Gasteiger partial charge is 0.391 e. The Bertz CT molecular complexity index is 229. The third-order valence-corrected chi connectivity index (χ3v) is 3.93. The number of aliphatic hydroxyl groups excluding tert-OH is 1. The molecule has 0 aliphatic heterocycles. The lowest BCUT2D eigenvalue weighted by molar-refractivity contribution is -0.128. The predicted octanol–water partition coefficient (Wildman–Crippen LogP) is 4.26. The zero-order chi connectivity index (χ0) is 14.6. The number of aliphatic hydroxyl groups is 1. The van der Waals surface area contributed by atoms with Crippen molar-refractivity contribution in [1.82, 2.24) is 0 Å². The van der Waals surface area contributed by atoms with Crippen LogP contribution in [0.3, 0.4) is 0 Å². The van der Waals surface area contributed by atoms with Crippen molar-refractivity contribution in [3.05, 3.63) is 0 Å². The van der Waals surface area contributed by atoms with E-state index < -0.39 is 0 Å². The quantitative estimate of drug-likeness (QED) is 0.705. The van der Waals surface area contributed by atoms with Crippen LogP contribution in [0, 0.1) is 17.3 Å². The normalized spacial score (nSPS) is 15.5. The third-order valence-electron chi connectivity index (χ3n) is 3.93. The van der Waals surface area contributed by atoms with E-state index in [1.54, 1.807) is 0 Å². The minimum Gasteiger partial charge on any atom is -0.391 e. The van der Waals surface area contributed by atoms with Gasteiger partial charge in [-0.25, -0.2) is 0 Å². The van der Waals surface area contributed by atoms with Crippen LogP contribution in [0.5, 0.6) is 0 Å². The van der Waals surface area contributed by atoms with Crippen molar-refractivity contribution in [3.63, 3.8) is 0 Å². The van der Waals surface area contributed by atoms with Crippen LogP contribution in [0.2, 0.25) is 0 Å². The SMILES string of the molecule is CC(C)CC(O)COC(C)(C)C(C)(C)CC(C)C. The van der Waals surface area contributed by atoms with E-state index in [-0.39, 0.29) is 17.1 Å². The lowest BCUT2D eigenvalue weighted by atomic mass is 9.72. The molecule has 0 aromatic carbocycles. The third kappa shape index (κ3) is 6.19. The van der Waals surface area contributed by atoms with Gasteiger partial charge in [-0.2, -0.15) is 0 Å². The van der Waals surface area contributed by atoms with Gasteiger partial charge in [0.15, 0.2) is 0 Å². The molecular formula is C16H34O2. The van der Waals surface area contributed by atoms with Gasteiger partial charge in [0.1, 0.15) is 0 Å². The Morgan fingerprint density at radius 1 is 0.944 bits per heavy atom. The number of ether oxygens (including phenoxy) is 1. The van der Waals surface area contributed by atoms with Crippen molar-refractivity contribution >= 4 is 0 Å². The summed E-state index contributed by atoms with van der Waals surface area (Å²) in [6.45, 7) is 17.9. The Kier molecular flexibility index (Phi) is 6.87. The van der Waals surface area contributed by atoms with Gasteiger partial charge in [0.05, 0.1) is 18.3 Å². The average Bonchev–Trinajstić information content (AvgIpc) is 2.11. The highest BCUT2D eigenvalue weighted by Gasteiger charge is 2.38. The Hall–Kier alpha value is -0.0800. The molecule has 1 N–H and O–H groups in total. The van der Waals surface area contributed by atoms with Crippen molar-refractivity contribution in [1.29, 1.82) is 0 Å². The second kappa shape index (κ2) is 6.91. The molecule has 0 heterocycles. The fraction of sp³-hybridized carbons (Fsp3) is 1.00. The molecule has 110 valence electrons. The highest BCUT2D eigenvalue weighted by atomic mass is 16.5. The molecule has 0 bridgehead atoms. The molecular weight excluding hydrogens is 224 g/mol. The fourth-order valence-electron chi connectivity index (χ4n) is 2.38. The van der Waals surface area contributed by atoms with E-state index in [1.807, 2.05) is 0 Å². The number of rotatable bonds is 8. The zero-order valence-electron chi connectivity index (χ0n) is 13.7. The summed E-state index contributed by atoms with van der Waals surface area (Å²) in [4.78, 5) is 0. The molecule has 2 heteroatoms. The van der Waals surface area contributed by atoms with E-state index in [4.69, 9.17) is 4.74 Å². The van der Waals surface area contributed by atoms with Gasteiger partial charge in [-0.05, 0) is 43.9 Å². The molecule has 0 saturated carbocycles. The molecule has 0 aliphatic rings. The Labute approximate surface area is 114 Å². The Morgan fingerprint density at radius 2 is 1.44 bits per heavy atom. The summed E-state index contributed by atoms with van der Waals surface area (Å²) in [5, 5.41) is 9.91. The lowest BCUT2D eigenvalue weighted by Gasteiger charge is -2.43. The first-order chi connectivity index (χ1) is 7.98. The maximum absolute atomic E-state index is 9.91. The van der Waals surface area contributed by atoms with Gasteiger partial charge >= 0.3 is 0 Å². The fourth-order valence-corrected chi connectivity index (χ4v) is 2.38. The van der Waals surface area contributed by atoms with E-state index in [9.17, 15) is 5.11 Å². The van der Waals surface area contributed by atoms with E-state index in [1.165, 1.54) is 0 Å². The summed E-state index contributed by atoms with van der Waals surface area (Å²) in [6.07, 6.45) is 1.58. The highest BCUT2D eigenvalue weighted by Crippen LogP contribution is 2.39. The van der Waals surface area contributed by atoms with Gasteiger partial charge in [-0.1, -0.05) is 41.5 Å². The van der Waals surface area contributed by atoms with Crippen LogP contribution >= 0.6 is 0 Å². The minimum absolute atomic E-state index is 0.110. The molecule has 1 atom stereocenters. The lowest BCUT2D eigenvalue weighted by Crippen LogP contribution is -2.44. The molecule has 0 aromatic rings. The van der Waals surface area contributed by atoms with Crippen LogP contribution in [-0.2, 0) is 4.74 Å². The number of hydrogen-bond acceptors (Lipinski definition) is 2. The summed E-state index contributed by atoms with van der Waals surface area (Å²) in [5.41, 5.74) is -0.103. The van der Waals surface area contributed by atoms with E-state index in [0.29, 0.717) is 18.4 Å². The first-order valence-corrected chi connectivity index (χ1v) is 7.30. The van der Waals surface area contributed by atoms with Crippen molar-refractivity contribution in [3.8, 4) is 0 Å². The summed E-state index contributed by atoms with van der Waals surface area (Å²) >= 11 is 0. The maximum Gasteiger partial charge on any atom is 0.0776 e. The number of hydrogen-bond donors (Lipinski definition) is 1. The van der Waals surface area contributed by atoms with E-state index in [0.717, 1.165) is 12.8 Å². The summed E-state index contributed by atoms with van der Waals surface area (Å²) in [7, 11) is 0. The molecule has 0 spiro atoms. The van der Waals surface area contributed by atoms with Crippen LogP contribution in [0.15, 0.2) is 0 Å². The molecule has 0 aromatic heterocycles. The van der Waals surface area contributed by atoms with Gasteiger partial charge in [-0.3, -0.25) is 0 Å². The monoisotopic (exact) mass is 258 g/mol. The van der Waals surface area contributed by atoms with Crippen LogP contribution in [0.4, 0.5) is 0 Å². The highest BCUT2D eigenvalue weighted by molar-refractivity contribution is 4.88. The van der Waals surface area contributed by atoms with E-state index >= 15 is 0 Å². The van der Waals surface area contributed by atoms with Crippen LogP contribution in [0.25, 0.3) is 0 Å². The summed E-state index contributed by atoms with van der Waals surface area (Å²) < 4.78 is 6.01. The van der Waals surface area contributed by atoms with Crippen LogP contribution in [0.1, 0.15) is 68.2 Å². The van der Waals surface area contributed by atoms with Gasteiger partial charge in [0.25, 0.3) is 0 Å². The second-order valence-electron chi connectivity index (χ2n) is 7.59.